The maximum Gasteiger partial charge on any atom is 0.243 e. The molecule has 0 aliphatic carbocycles. The summed E-state index contributed by atoms with van der Waals surface area (Å²) in [6.07, 6.45) is 0.626. The zero-order valence-corrected chi connectivity index (χ0v) is 18.2. The minimum Gasteiger partial charge on any atom is -0.348 e. The number of halogens is 1. The van der Waals surface area contributed by atoms with Crippen LogP contribution in [0.4, 0.5) is 4.39 Å². The van der Waals surface area contributed by atoms with Crippen LogP contribution in [0.5, 0.6) is 0 Å². The van der Waals surface area contributed by atoms with Crippen LogP contribution < -0.4 is 5.32 Å². The third kappa shape index (κ3) is 5.44. The molecule has 162 valence electrons. The summed E-state index contributed by atoms with van der Waals surface area (Å²) in [4.78, 5) is 14.6. The molecule has 1 saturated heterocycles. The van der Waals surface area contributed by atoms with E-state index in [-0.39, 0.29) is 23.4 Å². The van der Waals surface area contributed by atoms with E-state index < -0.39 is 15.8 Å². The Morgan fingerprint density at radius 2 is 1.77 bits per heavy atom. The van der Waals surface area contributed by atoms with E-state index >= 15 is 0 Å². The van der Waals surface area contributed by atoms with Crippen molar-refractivity contribution in [2.24, 2.45) is 0 Å². The molecule has 0 unspecified atom stereocenters. The van der Waals surface area contributed by atoms with Crippen molar-refractivity contribution < 1.29 is 17.6 Å². The van der Waals surface area contributed by atoms with Crippen molar-refractivity contribution >= 4 is 15.9 Å². The number of hydrogen-bond donors (Lipinski definition) is 1. The van der Waals surface area contributed by atoms with Crippen LogP contribution in [0.2, 0.25) is 0 Å². The van der Waals surface area contributed by atoms with Crippen LogP contribution in [-0.4, -0.2) is 56.3 Å². The van der Waals surface area contributed by atoms with E-state index in [9.17, 15) is 17.6 Å². The minimum absolute atomic E-state index is 0.0828. The highest BCUT2D eigenvalue weighted by atomic mass is 32.2. The number of aryl methyl sites for hydroxylation is 1. The fraction of sp³-hybridized carbons (Fsp3) is 0.409. The predicted molar refractivity (Wildman–Crippen MR) is 114 cm³/mol. The smallest absolute Gasteiger partial charge is 0.243 e. The molecule has 1 N–H and O–H groups in total. The molecule has 0 spiro atoms. The van der Waals surface area contributed by atoms with Crippen LogP contribution in [0, 0.1) is 12.7 Å². The van der Waals surface area contributed by atoms with Crippen LogP contribution in [0.1, 0.15) is 30.5 Å². The summed E-state index contributed by atoms with van der Waals surface area (Å²) < 4.78 is 40.2. The summed E-state index contributed by atoms with van der Waals surface area (Å²) in [5.41, 5.74) is 2.21. The first-order chi connectivity index (χ1) is 14.3. The quantitative estimate of drug-likeness (QED) is 0.761. The second kappa shape index (κ2) is 9.68. The van der Waals surface area contributed by atoms with Gasteiger partial charge < -0.3 is 5.32 Å². The largest absolute Gasteiger partial charge is 0.348 e. The molecule has 1 atom stereocenters. The zero-order chi connectivity index (χ0) is 21.7. The van der Waals surface area contributed by atoms with Gasteiger partial charge >= 0.3 is 0 Å². The van der Waals surface area contributed by atoms with Gasteiger partial charge in [0.25, 0.3) is 0 Å². The van der Waals surface area contributed by atoms with Crippen molar-refractivity contribution in [3.05, 3.63) is 65.5 Å². The Kier molecular flexibility index (Phi) is 7.23. The minimum atomic E-state index is -3.67. The summed E-state index contributed by atoms with van der Waals surface area (Å²) in [6, 6.07) is 12.7. The van der Waals surface area contributed by atoms with E-state index in [2.05, 4.69) is 5.32 Å². The number of rotatable bonds is 6. The maximum atomic E-state index is 13.1. The zero-order valence-electron chi connectivity index (χ0n) is 17.3. The summed E-state index contributed by atoms with van der Waals surface area (Å²) in [5.74, 6) is -0.553. The molecule has 2 aromatic rings. The van der Waals surface area contributed by atoms with Gasteiger partial charge in [0.15, 0.2) is 0 Å². The average molecular weight is 434 g/mol. The third-order valence-corrected chi connectivity index (χ3v) is 7.31. The van der Waals surface area contributed by atoms with Crippen molar-refractivity contribution in [2.45, 2.75) is 31.2 Å². The van der Waals surface area contributed by atoms with E-state index in [1.165, 1.54) is 16.4 Å². The fourth-order valence-corrected chi connectivity index (χ4v) is 5.21. The van der Waals surface area contributed by atoms with E-state index in [1.807, 2.05) is 43.0 Å². The number of sulfonamides is 1. The van der Waals surface area contributed by atoms with Crippen molar-refractivity contribution in [3.8, 4) is 0 Å². The van der Waals surface area contributed by atoms with Gasteiger partial charge in [0.1, 0.15) is 5.82 Å². The Labute approximate surface area is 177 Å². The molecule has 0 bridgehead atoms. The highest BCUT2D eigenvalue weighted by Gasteiger charge is 2.27. The second-order valence-electron chi connectivity index (χ2n) is 7.63. The molecular formula is C22H28FN3O3S. The highest BCUT2D eigenvalue weighted by molar-refractivity contribution is 7.89. The summed E-state index contributed by atoms with van der Waals surface area (Å²) in [7, 11) is -3.67. The molecule has 6 nitrogen and oxygen atoms in total. The van der Waals surface area contributed by atoms with Crippen LogP contribution >= 0.6 is 0 Å². The Morgan fingerprint density at radius 1 is 1.07 bits per heavy atom. The van der Waals surface area contributed by atoms with E-state index in [0.717, 1.165) is 23.3 Å². The lowest BCUT2D eigenvalue weighted by molar-refractivity contribution is -0.122. The van der Waals surface area contributed by atoms with Gasteiger partial charge in [0, 0.05) is 19.6 Å². The molecule has 1 amide bonds. The predicted octanol–water partition coefficient (Wildman–Crippen LogP) is 2.71. The van der Waals surface area contributed by atoms with Crippen LogP contribution in [0.15, 0.2) is 53.4 Å². The standard InChI is InChI=1S/C22H28FN3O3S/c1-17-6-3-4-7-21(17)18(2)24-22(27)16-25-12-5-13-26(15-14-25)30(28,29)20-10-8-19(23)9-11-20/h3-4,6-11,18H,5,12-16H2,1-2H3,(H,24,27)/t18-/m1/s1. The van der Waals surface area contributed by atoms with E-state index in [0.29, 0.717) is 32.6 Å². The average Bonchev–Trinajstić information content (AvgIpc) is 2.94. The Balaban J connectivity index is 1.56. The molecule has 1 aliphatic rings. The molecule has 2 aromatic carbocycles. The van der Waals surface area contributed by atoms with Crippen LogP contribution in [0.25, 0.3) is 0 Å². The lowest BCUT2D eigenvalue weighted by Gasteiger charge is -2.23. The van der Waals surface area contributed by atoms with Gasteiger partial charge in [-0.2, -0.15) is 4.31 Å². The number of carbonyl (C=O) groups is 1. The first-order valence-electron chi connectivity index (χ1n) is 10.1. The maximum absolute atomic E-state index is 13.1. The summed E-state index contributed by atoms with van der Waals surface area (Å²) >= 11 is 0. The highest BCUT2D eigenvalue weighted by Crippen LogP contribution is 2.19. The summed E-state index contributed by atoms with van der Waals surface area (Å²) in [6.45, 7) is 5.97. The second-order valence-corrected chi connectivity index (χ2v) is 9.57. The molecule has 1 heterocycles. The number of carbonyl (C=O) groups excluding carboxylic acids is 1. The molecule has 0 radical (unpaired) electrons. The number of benzene rings is 2. The fourth-order valence-electron chi connectivity index (χ4n) is 3.74. The Bertz CT molecular complexity index is 979. The van der Waals surface area contributed by atoms with Gasteiger partial charge in [-0.05, 0) is 62.2 Å². The topological polar surface area (TPSA) is 69.7 Å². The normalized spacial score (nSPS) is 17.3. The first-order valence-corrected chi connectivity index (χ1v) is 11.5. The molecule has 1 aliphatic heterocycles. The summed E-state index contributed by atoms with van der Waals surface area (Å²) in [5, 5.41) is 3.03. The van der Waals surface area contributed by atoms with Crippen LogP contribution in [0.3, 0.4) is 0 Å². The number of nitrogens with one attached hydrogen (secondary N) is 1. The third-order valence-electron chi connectivity index (χ3n) is 5.40. The Hall–Kier alpha value is -2.29. The van der Waals surface area contributed by atoms with E-state index in [4.69, 9.17) is 0 Å². The van der Waals surface area contributed by atoms with Crippen molar-refractivity contribution in [2.75, 3.05) is 32.7 Å². The number of hydrogen-bond acceptors (Lipinski definition) is 4. The van der Waals surface area contributed by atoms with Gasteiger partial charge in [-0.15, -0.1) is 0 Å². The monoisotopic (exact) mass is 433 g/mol. The molecular weight excluding hydrogens is 405 g/mol. The lowest BCUT2D eigenvalue weighted by Crippen LogP contribution is -2.40. The molecule has 1 fully saturated rings. The van der Waals surface area contributed by atoms with E-state index in [1.54, 1.807) is 0 Å². The molecule has 3 rings (SSSR count). The Morgan fingerprint density at radius 3 is 2.47 bits per heavy atom. The van der Waals surface area contributed by atoms with Crippen LogP contribution in [-0.2, 0) is 14.8 Å². The molecule has 30 heavy (non-hydrogen) atoms. The van der Waals surface area contributed by atoms with Crippen molar-refractivity contribution in [3.63, 3.8) is 0 Å². The number of nitrogens with zero attached hydrogens (tertiary/aromatic N) is 2. The number of amides is 1. The van der Waals surface area contributed by atoms with Gasteiger partial charge in [-0.3, -0.25) is 9.69 Å². The lowest BCUT2D eigenvalue weighted by atomic mass is 10.0. The first kappa shape index (κ1) is 22.4. The molecule has 0 saturated carbocycles. The van der Waals surface area contributed by atoms with Gasteiger partial charge in [-0.25, -0.2) is 12.8 Å². The SMILES string of the molecule is Cc1ccccc1[C@@H](C)NC(=O)CN1CCCN(S(=O)(=O)c2ccc(F)cc2)CC1. The van der Waals surface area contributed by atoms with Crippen molar-refractivity contribution in [1.29, 1.82) is 0 Å². The molecule has 8 heteroatoms. The molecule has 0 aromatic heterocycles. The van der Waals surface area contributed by atoms with Gasteiger partial charge in [0.05, 0.1) is 17.5 Å². The van der Waals surface area contributed by atoms with Gasteiger partial charge in [-0.1, -0.05) is 24.3 Å². The van der Waals surface area contributed by atoms with Gasteiger partial charge in [0.2, 0.25) is 15.9 Å². The van der Waals surface area contributed by atoms with Crippen molar-refractivity contribution in [1.82, 2.24) is 14.5 Å².